The molecule has 0 aromatic rings. The lowest BCUT2D eigenvalue weighted by atomic mass is 9.94. The maximum absolute atomic E-state index is 5.43. The van der Waals surface area contributed by atoms with E-state index < -0.39 is 0 Å². The van der Waals surface area contributed by atoms with Crippen molar-refractivity contribution < 1.29 is 4.74 Å². The Balaban J connectivity index is 4.13. The van der Waals surface area contributed by atoms with Crippen LogP contribution in [-0.4, -0.2) is 25.3 Å². The maximum Gasteiger partial charge on any atom is 0.0714 e. The van der Waals surface area contributed by atoms with Crippen LogP contribution < -0.4 is 5.32 Å². The second-order valence-electron chi connectivity index (χ2n) is 3.49. The molecule has 2 nitrogen and oxygen atoms in total. The number of hydrogen-bond donors (Lipinski definition) is 1. The van der Waals surface area contributed by atoms with E-state index in [1.54, 1.807) is 7.11 Å². The molecule has 0 bridgehead atoms. The fourth-order valence-corrected chi connectivity index (χ4v) is 1.24. The third kappa shape index (κ3) is 4.31. The molecule has 0 saturated carbocycles. The number of rotatable bonds is 6. The molecule has 0 aliphatic heterocycles. The first-order valence-electron chi connectivity index (χ1n) is 4.86. The van der Waals surface area contributed by atoms with Crippen molar-refractivity contribution in [2.24, 2.45) is 0 Å². The van der Waals surface area contributed by atoms with Gasteiger partial charge in [0.2, 0.25) is 0 Å². The number of nitrogens with one attached hydrogen (secondary N) is 1. The maximum atomic E-state index is 5.43. The van der Waals surface area contributed by atoms with Crippen molar-refractivity contribution in [3.05, 3.63) is 0 Å². The molecule has 0 heterocycles. The zero-order valence-corrected chi connectivity index (χ0v) is 9.18. The summed E-state index contributed by atoms with van der Waals surface area (Å²) in [6.07, 6.45) is 7.25. The third-order valence-corrected chi connectivity index (χ3v) is 2.53. The van der Waals surface area contributed by atoms with Crippen LogP contribution in [0, 0.1) is 12.3 Å². The van der Waals surface area contributed by atoms with Gasteiger partial charge in [-0.05, 0) is 19.9 Å². The summed E-state index contributed by atoms with van der Waals surface area (Å²) in [6, 6.07) is 0.120. The van der Waals surface area contributed by atoms with Crippen LogP contribution in [0.1, 0.15) is 33.6 Å². The van der Waals surface area contributed by atoms with Gasteiger partial charge in [0.15, 0.2) is 0 Å². The number of hydrogen-bond acceptors (Lipinski definition) is 2. The highest BCUT2D eigenvalue weighted by Crippen LogP contribution is 2.20. The summed E-state index contributed by atoms with van der Waals surface area (Å²) in [5.74, 6) is 2.74. The van der Waals surface area contributed by atoms with Gasteiger partial charge in [-0.15, -0.1) is 6.42 Å². The van der Waals surface area contributed by atoms with E-state index in [9.17, 15) is 0 Å². The van der Waals surface area contributed by atoms with Crippen LogP contribution in [0.5, 0.6) is 0 Å². The van der Waals surface area contributed by atoms with E-state index in [4.69, 9.17) is 11.2 Å². The van der Waals surface area contributed by atoms with Gasteiger partial charge in [0, 0.05) is 13.5 Å². The van der Waals surface area contributed by atoms with Crippen molar-refractivity contribution in [1.29, 1.82) is 0 Å². The second-order valence-corrected chi connectivity index (χ2v) is 3.49. The summed E-state index contributed by atoms with van der Waals surface area (Å²) >= 11 is 0. The summed E-state index contributed by atoms with van der Waals surface area (Å²) < 4.78 is 5.43. The first-order valence-corrected chi connectivity index (χ1v) is 4.86. The van der Waals surface area contributed by atoms with Crippen molar-refractivity contribution >= 4 is 0 Å². The van der Waals surface area contributed by atoms with Crippen LogP contribution in [0.4, 0.5) is 0 Å². The highest BCUT2D eigenvalue weighted by atomic mass is 16.5. The fraction of sp³-hybridized carbons (Fsp3) is 0.818. The highest BCUT2D eigenvalue weighted by molar-refractivity contribution is 5.01. The van der Waals surface area contributed by atoms with Gasteiger partial charge in [0.25, 0.3) is 0 Å². The molecule has 0 radical (unpaired) electrons. The van der Waals surface area contributed by atoms with Crippen molar-refractivity contribution in [3.63, 3.8) is 0 Å². The van der Waals surface area contributed by atoms with E-state index in [0.29, 0.717) is 0 Å². The minimum atomic E-state index is -0.0980. The Morgan fingerprint density at radius 3 is 2.46 bits per heavy atom. The molecule has 0 aliphatic carbocycles. The van der Waals surface area contributed by atoms with E-state index in [-0.39, 0.29) is 11.6 Å². The summed E-state index contributed by atoms with van der Waals surface area (Å²) in [4.78, 5) is 0. The monoisotopic (exact) mass is 183 g/mol. The van der Waals surface area contributed by atoms with Crippen molar-refractivity contribution in [2.75, 3.05) is 13.7 Å². The number of terminal acetylenes is 1. The third-order valence-electron chi connectivity index (χ3n) is 2.53. The average molecular weight is 183 g/mol. The summed E-state index contributed by atoms with van der Waals surface area (Å²) in [6.45, 7) is 7.16. The Labute approximate surface area is 82.1 Å². The first kappa shape index (κ1) is 12.5. The quantitative estimate of drug-likeness (QED) is 0.634. The summed E-state index contributed by atoms with van der Waals surface area (Å²) in [7, 11) is 1.74. The van der Waals surface area contributed by atoms with Gasteiger partial charge in [-0.2, -0.15) is 0 Å². The molecule has 0 amide bonds. The normalized spacial score (nSPS) is 17.5. The second kappa shape index (κ2) is 6.01. The van der Waals surface area contributed by atoms with Gasteiger partial charge in [-0.1, -0.05) is 19.8 Å². The fourth-order valence-electron chi connectivity index (χ4n) is 1.24. The van der Waals surface area contributed by atoms with E-state index in [2.05, 4.69) is 32.0 Å². The van der Waals surface area contributed by atoms with E-state index in [1.807, 2.05) is 0 Å². The molecule has 0 fully saturated rings. The Morgan fingerprint density at radius 2 is 2.15 bits per heavy atom. The molecule has 0 aromatic heterocycles. The zero-order valence-electron chi connectivity index (χ0n) is 9.18. The average Bonchev–Trinajstić information content (AvgIpc) is 2.17. The van der Waals surface area contributed by atoms with Crippen LogP contribution >= 0.6 is 0 Å². The van der Waals surface area contributed by atoms with Crippen LogP contribution in [0.2, 0.25) is 0 Å². The summed E-state index contributed by atoms with van der Waals surface area (Å²) in [5, 5.41) is 3.24. The smallest absolute Gasteiger partial charge is 0.0714 e. The van der Waals surface area contributed by atoms with Crippen molar-refractivity contribution in [1.82, 2.24) is 5.32 Å². The van der Waals surface area contributed by atoms with Gasteiger partial charge in [-0.3, -0.25) is 0 Å². The molecule has 2 unspecified atom stereocenters. The van der Waals surface area contributed by atoms with Gasteiger partial charge < -0.3 is 10.1 Å². The largest absolute Gasteiger partial charge is 0.378 e. The SMILES string of the molecule is C#CC(CC(C)(CC)OC)NCC. The van der Waals surface area contributed by atoms with Crippen LogP contribution in [0.3, 0.4) is 0 Å². The van der Waals surface area contributed by atoms with Gasteiger partial charge in [0.05, 0.1) is 11.6 Å². The lowest BCUT2D eigenvalue weighted by Gasteiger charge is -2.29. The van der Waals surface area contributed by atoms with E-state index in [1.165, 1.54) is 0 Å². The van der Waals surface area contributed by atoms with Crippen LogP contribution in [-0.2, 0) is 4.74 Å². The molecule has 0 aromatic carbocycles. The van der Waals surface area contributed by atoms with Gasteiger partial charge in [-0.25, -0.2) is 0 Å². The topological polar surface area (TPSA) is 21.3 Å². The van der Waals surface area contributed by atoms with E-state index in [0.717, 1.165) is 19.4 Å². The zero-order chi connectivity index (χ0) is 10.3. The molecule has 0 rings (SSSR count). The van der Waals surface area contributed by atoms with Crippen molar-refractivity contribution in [3.8, 4) is 12.3 Å². The molecule has 0 aliphatic rings. The molecule has 13 heavy (non-hydrogen) atoms. The lowest BCUT2D eigenvalue weighted by Crippen LogP contribution is -2.38. The van der Waals surface area contributed by atoms with Crippen LogP contribution in [0.15, 0.2) is 0 Å². The Kier molecular flexibility index (Phi) is 5.77. The van der Waals surface area contributed by atoms with Gasteiger partial charge >= 0.3 is 0 Å². The van der Waals surface area contributed by atoms with Crippen LogP contribution in [0.25, 0.3) is 0 Å². The van der Waals surface area contributed by atoms with E-state index >= 15 is 0 Å². The standard InChI is InChI=1S/C11H21NO/c1-6-10(12-8-3)9-11(4,7-2)13-5/h1,10,12H,7-9H2,2-5H3. The molecule has 2 atom stereocenters. The molecular formula is C11H21NO. The summed E-state index contributed by atoms with van der Waals surface area (Å²) in [5.41, 5.74) is -0.0980. The highest BCUT2D eigenvalue weighted by Gasteiger charge is 2.24. The number of methoxy groups -OCH3 is 1. The minimum Gasteiger partial charge on any atom is -0.378 e. The molecular weight excluding hydrogens is 162 g/mol. The van der Waals surface area contributed by atoms with Gasteiger partial charge in [0.1, 0.15) is 0 Å². The minimum absolute atomic E-state index is 0.0980. The molecule has 0 spiro atoms. The predicted molar refractivity (Wildman–Crippen MR) is 56.6 cm³/mol. The lowest BCUT2D eigenvalue weighted by molar-refractivity contribution is -0.00794. The Hall–Kier alpha value is -0.520. The first-order chi connectivity index (χ1) is 6.11. The Bertz CT molecular complexity index is 167. The Morgan fingerprint density at radius 1 is 1.54 bits per heavy atom. The molecule has 76 valence electrons. The number of ether oxygens (including phenoxy) is 1. The predicted octanol–water partition coefficient (Wildman–Crippen LogP) is 1.80. The molecule has 0 saturated heterocycles. The molecule has 2 heteroatoms. The molecule has 1 N–H and O–H groups in total. The van der Waals surface area contributed by atoms with Crippen molar-refractivity contribution in [2.45, 2.75) is 45.3 Å².